The van der Waals surface area contributed by atoms with Crippen molar-refractivity contribution < 1.29 is 0 Å². The molecule has 0 bridgehead atoms. The Labute approximate surface area is 221 Å². The molecule has 0 aliphatic rings. The minimum absolute atomic E-state index is 1.08. The number of nitrogens with one attached hydrogen (secondary N) is 1. The zero-order valence-corrected chi connectivity index (χ0v) is 22.2. The van der Waals surface area contributed by atoms with E-state index < -0.39 is 0 Å². The van der Waals surface area contributed by atoms with Gasteiger partial charge in [-0.1, -0.05) is 137 Å². The van der Waals surface area contributed by atoms with Gasteiger partial charge in [-0.15, -0.1) is 0 Å². The third kappa shape index (κ3) is 5.73. The first kappa shape index (κ1) is 25.7. The van der Waals surface area contributed by atoms with Crippen LogP contribution in [-0.4, -0.2) is 0 Å². The van der Waals surface area contributed by atoms with Gasteiger partial charge in [-0.05, 0) is 68.1 Å². The zero-order chi connectivity index (χ0) is 26.0. The van der Waals surface area contributed by atoms with Crippen molar-refractivity contribution in [2.24, 2.45) is 0 Å². The summed E-state index contributed by atoms with van der Waals surface area (Å²) in [6.45, 7) is 8.00. The van der Waals surface area contributed by atoms with Crippen LogP contribution in [0.25, 0.3) is 43.8 Å². The van der Waals surface area contributed by atoms with E-state index in [0.29, 0.717) is 0 Å². The zero-order valence-electron chi connectivity index (χ0n) is 22.2. The Morgan fingerprint density at radius 1 is 0.351 bits per heavy atom. The SMILES string of the molecule is CC.CC.c1ccc2c(-c3ccc(Nc4ccc(-c5cccc6ccccc56)cc4)cc3)cccc2c1. The maximum atomic E-state index is 3.54. The van der Waals surface area contributed by atoms with Gasteiger partial charge in [0.1, 0.15) is 0 Å². The van der Waals surface area contributed by atoms with Gasteiger partial charge >= 0.3 is 0 Å². The lowest BCUT2D eigenvalue weighted by Crippen LogP contribution is -1.90. The predicted molar refractivity (Wildman–Crippen MR) is 165 cm³/mol. The number of rotatable bonds is 4. The minimum atomic E-state index is 1.08. The van der Waals surface area contributed by atoms with E-state index in [2.05, 4.69) is 139 Å². The molecule has 0 aromatic heterocycles. The Hall–Kier alpha value is -4.36. The van der Waals surface area contributed by atoms with Gasteiger partial charge in [0.25, 0.3) is 0 Å². The Balaban J connectivity index is 0.000000765. The van der Waals surface area contributed by atoms with Crippen molar-refractivity contribution in [3.63, 3.8) is 0 Å². The number of hydrogen-bond donors (Lipinski definition) is 1. The Morgan fingerprint density at radius 3 is 1.11 bits per heavy atom. The lowest BCUT2D eigenvalue weighted by atomic mass is 9.98. The summed E-state index contributed by atoms with van der Waals surface area (Å²) in [7, 11) is 0. The van der Waals surface area contributed by atoms with Crippen molar-refractivity contribution in [2.45, 2.75) is 27.7 Å². The first-order valence-corrected chi connectivity index (χ1v) is 13.3. The van der Waals surface area contributed by atoms with E-state index in [1.165, 1.54) is 43.8 Å². The van der Waals surface area contributed by atoms with E-state index in [4.69, 9.17) is 0 Å². The molecule has 0 saturated heterocycles. The summed E-state index contributed by atoms with van der Waals surface area (Å²) in [6.07, 6.45) is 0. The van der Waals surface area contributed by atoms with Crippen LogP contribution < -0.4 is 5.32 Å². The third-order valence-corrected chi connectivity index (χ3v) is 6.26. The second-order valence-electron chi connectivity index (χ2n) is 8.33. The maximum Gasteiger partial charge on any atom is 0.0384 e. The summed E-state index contributed by atoms with van der Waals surface area (Å²) >= 11 is 0. The fourth-order valence-electron chi connectivity index (χ4n) is 4.59. The highest BCUT2D eigenvalue weighted by atomic mass is 14.9. The molecule has 0 aliphatic heterocycles. The fourth-order valence-corrected chi connectivity index (χ4v) is 4.59. The van der Waals surface area contributed by atoms with Gasteiger partial charge in [-0.25, -0.2) is 0 Å². The normalized spacial score (nSPS) is 10.2. The maximum absolute atomic E-state index is 3.54. The van der Waals surface area contributed by atoms with Crippen molar-refractivity contribution in [3.8, 4) is 22.3 Å². The second kappa shape index (κ2) is 12.6. The molecule has 0 fully saturated rings. The number of benzene rings is 6. The van der Waals surface area contributed by atoms with Gasteiger partial charge in [0, 0.05) is 11.4 Å². The van der Waals surface area contributed by atoms with Gasteiger partial charge in [0.2, 0.25) is 0 Å². The van der Waals surface area contributed by atoms with Crippen LogP contribution in [0.3, 0.4) is 0 Å². The Kier molecular flexibility index (Phi) is 8.73. The van der Waals surface area contributed by atoms with Gasteiger partial charge in [-0.2, -0.15) is 0 Å². The van der Waals surface area contributed by atoms with Crippen molar-refractivity contribution in [1.82, 2.24) is 0 Å². The van der Waals surface area contributed by atoms with Crippen LogP contribution in [0, 0.1) is 0 Å². The molecule has 6 aromatic carbocycles. The molecule has 1 heteroatoms. The largest absolute Gasteiger partial charge is 0.356 e. The van der Waals surface area contributed by atoms with Crippen LogP contribution in [0.4, 0.5) is 11.4 Å². The molecule has 0 heterocycles. The van der Waals surface area contributed by atoms with Crippen molar-refractivity contribution in [3.05, 3.63) is 133 Å². The molecule has 0 unspecified atom stereocenters. The van der Waals surface area contributed by atoms with Crippen molar-refractivity contribution in [1.29, 1.82) is 0 Å². The predicted octanol–water partition coefficient (Wildman–Crippen LogP) is 11.1. The first-order chi connectivity index (χ1) is 18.3. The number of fused-ring (bicyclic) bond motifs is 2. The average Bonchev–Trinajstić information content (AvgIpc) is 2.99. The van der Waals surface area contributed by atoms with E-state index >= 15 is 0 Å². The highest BCUT2D eigenvalue weighted by molar-refractivity contribution is 5.97. The Morgan fingerprint density at radius 2 is 0.703 bits per heavy atom. The van der Waals surface area contributed by atoms with Crippen LogP contribution in [0.2, 0.25) is 0 Å². The van der Waals surface area contributed by atoms with E-state index in [1.807, 2.05) is 27.7 Å². The van der Waals surface area contributed by atoms with E-state index in [0.717, 1.165) is 11.4 Å². The molecule has 6 aromatic rings. The monoisotopic (exact) mass is 481 g/mol. The first-order valence-electron chi connectivity index (χ1n) is 13.3. The number of anilines is 2. The van der Waals surface area contributed by atoms with Crippen LogP contribution >= 0.6 is 0 Å². The molecule has 37 heavy (non-hydrogen) atoms. The molecule has 1 nitrogen and oxygen atoms in total. The molecule has 0 amide bonds. The summed E-state index contributed by atoms with van der Waals surface area (Å²) in [5.41, 5.74) is 7.14. The van der Waals surface area contributed by atoms with Gasteiger partial charge in [0.05, 0.1) is 0 Å². The van der Waals surface area contributed by atoms with Gasteiger partial charge in [0.15, 0.2) is 0 Å². The van der Waals surface area contributed by atoms with E-state index in [1.54, 1.807) is 0 Å². The minimum Gasteiger partial charge on any atom is -0.356 e. The highest BCUT2D eigenvalue weighted by Gasteiger charge is 2.05. The van der Waals surface area contributed by atoms with Gasteiger partial charge in [-0.3, -0.25) is 0 Å². The summed E-state index contributed by atoms with van der Waals surface area (Å²) < 4.78 is 0. The molecule has 0 aliphatic carbocycles. The summed E-state index contributed by atoms with van der Waals surface area (Å²) in [6, 6.07) is 47.4. The lowest BCUT2D eigenvalue weighted by Gasteiger charge is -2.11. The van der Waals surface area contributed by atoms with Crippen LogP contribution in [0.5, 0.6) is 0 Å². The second-order valence-corrected chi connectivity index (χ2v) is 8.33. The topological polar surface area (TPSA) is 12.0 Å². The van der Waals surface area contributed by atoms with Crippen LogP contribution in [-0.2, 0) is 0 Å². The molecule has 0 radical (unpaired) electrons. The van der Waals surface area contributed by atoms with E-state index in [-0.39, 0.29) is 0 Å². The number of hydrogen-bond acceptors (Lipinski definition) is 1. The average molecular weight is 482 g/mol. The molecule has 0 saturated carbocycles. The van der Waals surface area contributed by atoms with Crippen molar-refractivity contribution in [2.75, 3.05) is 5.32 Å². The van der Waals surface area contributed by atoms with Gasteiger partial charge < -0.3 is 5.32 Å². The Bertz CT molecular complexity index is 1430. The molecule has 1 N–H and O–H groups in total. The van der Waals surface area contributed by atoms with E-state index in [9.17, 15) is 0 Å². The van der Waals surface area contributed by atoms with Crippen molar-refractivity contribution >= 4 is 32.9 Å². The summed E-state index contributed by atoms with van der Waals surface area (Å²) in [4.78, 5) is 0. The molecular weight excluding hydrogens is 446 g/mol. The fraction of sp³-hybridized carbons (Fsp3) is 0.111. The smallest absolute Gasteiger partial charge is 0.0384 e. The quantitative estimate of drug-likeness (QED) is 0.264. The summed E-state index contributed by atoms with van der Waals surface area (Å²) in [5, 5.41) is 8.63. The third-order valence-electron chi connectivity index (χ3n) is 6.26. The molecule has 184 valence electrons. The molecular formula is C36H35N. The molecule has 6 rings (SSSR count). The molecule has 0 atom stereocenters. The highest BCUT2D eigenvalue weighted by Crippen LogP contribution is 2.32. The standard InChI is InChI=1S/C32H23N.2C2H6/c1-3-11-29-23(7-1)9-5-13-31(29)25-15-19-27(20-16-25)33-28-21-17-26(18-22-28)32-14-6-10-24-8-2-4-12-30(24)32;2*1-2/h1-22,33H;2*1-2H3. The van der Waals surface area contributed by atoms with Crippen LogP contribution in [0.15, 0.2) is 133 Å². The summed E-state index contributed by atoms with van der Waals surface area (Å²) in [5.74, 6) is 0. The molecule has 0 spiro atoms. The van der Waals surface area contributed by atoms with Crippen LogP contribution in [0.1, 0.15) is 27.7 Å². The lowest BCUT2D eigenvalue weighted by molar-refractivity contribution is 1.50.